The molecule has 0 aromatic carbocycles. The molecule has 0 atom stereocenters. The Kier molecular flexibility index (Phi) is 5.32. The van der Waals surface area contributed by atoms with Gasteiger partial charge in [0.1, 0.15) is 5.82 Å². The molecule has 8 nitrogen and oxygen atoms in total. The van der Waals surface area contributed by atoms with E-state index >= 15 is 0 Å². The molecule has 134 valence electrons. The van der Waals surface area contributed by atoms with Gasteiger partial charge in [-0.2, -0.15) is 0 Å². The minimum atomic E-state index is -3.31. The van der Waals surface area contributed by atoms with Gasteiger partial charge in [0.2, 0.25) is 16.0 Å². The van der Waals surface area contributed by atoms with E-state index in [1.807, 2.05) is 19.1 Å². The average molecular weight is 362 g/mol. The Hall–Kier alpha value is -2.42. The Morgan fingerprint density at radius 3 is 2.32 bits per heavy atom. The molecule has 2 aromatic rings. The molecule has 3 rings (SSSR count). The minimum Gasteiger partial charge on any atom is -0.367 e. The molecule has 0 aliphatic carbocycles. The van der Waals surface area contributed by atoms with E-state index in [0.717, 1.165) is 37.8 Å². The van der Waals surface area contributed by atoms with Crippen LogP contribution in [0, 0.1) is 0 Å². The van der Waals surface area contributed by atoms with Crippen LogP contribution in [0.1, 0.15) is 13.3 Å². The lowest BCUT2D eigenvalue weighted by molar-refractivity contribution is 0.599. The Bertz CT molecular complexity index is 774. The minimum absolute atomic E-state index is 0.0972. The monoisotopic (exact) mass is 362 g/mol. The van der Waals surface area contributed by atoms with Gasteiger partial charge in [-0.3, -0.25) is 4.72 Å². The second-order valence-electron chi connectivity index (χ2n) is 5.85. The molecular weight excluding hydrogens is 340 g/mol. The van der Waals surface area contributed by atoms with Crippen LogP contribution in [0.5, 0.6) is 0 Å². The van der Waals surface area contributed by atoms with Crippen LogP contribution in [0.15, 0.2) is 36.8 Å². The Morgan fingerprint density at radius 1 is 1.04 bits per heavy atom. The molecule has 3 heterocycles. The maximum absolute atomic E-state index is 11.8. The number of anilines is 3. The number of pyridine rings is 1. The predicted molar refractivity (Wildman–Crippen MR) is 98.4 cm³/mol. The van der Waals surface area contributed by atoms with Crippen molar-refractivity contribution in [3.05, 3.63) is 36.8 Å². The van der Waals surface area contributed by atoms with Gasteiger partial charge in [-0.25, -0.2) is 23.4 Å². The average Bonchev–Trinajstić information content (AvgIpc) is 2.63. The second kappa shape index (κ2) is 7.64. The van der Waals surface area contributed by atoms with Crippen molar-refractivity contribution in [2.75, 3.05) is 46.5 Å². The quantitative estimate of drug-likeness (QED) is 0.829. The maximum atomic E-state index is 11.8. The van der Waals surface area contributed by atoms with E-state index < -0.39 is 10.0 Å². The van der Waals surface area contributed by atoms with Gasteiger partial charge in [-0.1, -0.05) is 6.92 Å². The fourth-order valence-electron chi connectivity index (χ4n) is 2.73. The van der Waals surface area contributed by atoms with E-state index in [9.17, 15) is 8.42 Å². The van der Waals surface area contributed by atoms with Crippen molar-refractivity contribution in [2.45, 2.75) is 13.3 Å². The van der Waals surface area contributed by atoms with Crippen LogP contribution in [0.4, 0.5) is 17.5 Å². The number of piperazine rings is 1. The third-order valence-corrected chi connectivity index (χ3v) is 5.43. The van der Waals surface area contributed by atoms with Gasteiger partial charge in [0.15, 0.2) is 0 Å². The summed E-state index contributed by atoms with van der Waals surface area (Å²) in [6, 6.07) is 5.41. The number of hydrogen-bond acceptors (Lipinski definition) is 7. The number of nitrogens with zero attached hydrogens (tertiary/aromatic N) is 5. The second-order valence-corrected chi connectivity index (χ2v) is 7.69. The molecular formula is C16H22N6O2S. The molecule has 0 bridgehead atoms. The van der Waals surface area contributed by atoms with E-state index in [-0.39, 0.29) is 5.75 Å². The summed E-state index contributed by atoms with van der Waals surface area (Å²) in [7, 11) is -3.31. The highest BCUT2D eigenvalue weighted by Crippen LogP contribution is 2.19. The summed E-state index contributed by atoms with van der Waals surface area (Å²) in [6.07, 6.45) is 5.77. The lowest BCUT2D eigenvalue weighted by atomic mass is 10.3. The molecule has 1 fully saturated rings. The van der Waals surface area contributed by atoms with E-state index in [4.69, 9.17) is 0 Å². The highest BCUT2D eigenvalue weighted by Gasteiger charge is 2.19. The summed E-state index contributed by atoms with van der Waals surface area (Å²) < 4.78 is 26.1. The van der Waals surface area contributed by atoms with Gasteiger partial charge in [-0.15, -0.1) is 0 Å². The van der Waals surface area contributed by atoms with Gasteiger partial charge in [0.05, 0.1) is 17.6 Å². The van der Waals surface area contributed by atoms with Gasteiger partial charge >= 0.3 is 0 Å². The van der Waals surface area contributed by atoms with E-state index in [1.165, 1.54) is 0 Å². The lowest BCUT2D eigenvalue weighted by Crippen LogP contribution is -2.47. The van der Waals surface area contributed by atoms with Crippen LogP contribution in [-0.2, 0) is 10.0 Å². The highest BCUT2D eigenvalue weighted by atomic mass is 32.2. The highest BCUT2D eigenvalue weighted by molar-refractivity contribution is 7.92. The summed E-state index contributed by atoms with van der Waals surface area (Å²) in [5, 5.41) is 0. The summed E-state index contributed by atoms with van der Waals surface area (Å²) in [6.45, 7) is 5.15. The lowest BCUT2D eigenvalue weighted by Gasteiger charge is -2.35. The Labute approximate surface area is 148 Å². The third-order valence-electron chi connectivity index (χ3n) is 3.96. The number of sulfonamides is 1. The summed E-state index contributed by atoms with van der Waals surface area (Å²) in [4.78, 5) is 17.2. The zero-order valence-electron chi connectivity index (χ0n) is 14.2. The van der Waals surface area contributed by atoms with E-state index in [1.54, 1.807) is 24.7 Å². The van der Waals surface area contributed by atoms with Crippen molar-refractivity contribution in [2.24, 2.45) is 0 Å². The van der Waals surface area contributed by atoms with Crippen LogP contribution in [0.2, 0.25) is 0 Å². The van der Waals surface area contributed by atoms with Crippen molar-refractivity contribution < 1.29 is 8.42 Å². The molecule has 25 heavy (non-hydrogen) atoms. The number of aromatic nitrogens is 3. The van der Waals surface area contributed by atoms with Gasteiger partial charge in [-0.05, 0) is 24.6 Å². The van der Waals surface area contributed by atoms with Crippen LogP contribution < -0.4 is 14.5 Å². The number of hydrogen-bond donors (Lipinski definition) is 1. The zero-order valence-corrected chi connectivity index (χ0v) is 15.0. The molecule has 0 saturated carbocycles. The van der Waals surface area contributed by atoms with Crippen LogP contribution >= 0.6 is 0 Å². The molecule has 0 spiro atoms. The van der Waals surface area contributed by atoms with E-state index in [0.29, 0.717) is 12.2 Å². The summed E-state index contributed by atoms with van der Waals surface area (Å²) in [5.41, 5.74) is 0.979. The van der Waals surface area contributed by atoms with Crippen molar-refractivity contribution in [3.8, 4) is 0 Å². The first-order chi connectivity index (χ1) is 12.1. The molecule has 1 saturated heterocycles. The van der Waals surface area contributed by atoms with Crippen molar-refractivity contribution in [1.82, 2.24) is 15.0 Å². The van der Waals surface area contributed by atoms with Crippen LogP contribution in [-0.4, -0.2) is 55.3 Å². The predicted octanol–water partition coefficient (Wildman–Crippen LogP) is 1.35. The molecule has 0 radical (unpaired) electrons. The molecule has 2 aromatic heterocycles. The first-order valence-electron chi connectivity index (χ1n) is 8.31. The molecule has 1 aliphatic rings. The SMILES string of the molecule is CCCS(=O)(=O)Nc1ccc(N2CCN(c3ncccn3)CC2)cn1. The molecule has 9 heteroatoms. The summed E-state index contributed by atoms with van der Waals surface area (Å²) in [5.74, 6) is 1.20. The first kappa shape index (κ1) is 17.4. The van der Waals surface area contributed by atoms with Crippen LogP contribution in [0.25, 0.3) is 0 Å². The van der Waals surface area contributed by atoms with Crippen molar-refractivity contribution in [3.63, 3.8) is 0 Å². The third kappa shape index (κ3) is 4.56. The topological polar surface area (TPSA) is 91.3 Å². The number of nitrogens with one attached hydrogen (secondary N) is 1. The fourth-order valence-corrected chi connectivity index (χ4v) is 3.81. The van der Waals surface area contributed by atoms with Crippen molar-refractivity contribution in [1.29, 1.82) is 0 Å². The van der Waals surface area contributed by atoms with Gasteiger partial charge < -0.3 is 9.80 Å². The van der Waals surface area contributed by atoms with E-state index in [2.05, 4.69) is 29.5 Å². The molecule has 0 unspecified atom stereocenters. The normalized spacial score (nSPS) is 15.2. The Balaban J connectivity index is 1.59. The van der Waals surface area contributed by atoms with Gasteiger partial charge in [0, 0.05) is 38.6 Å². The van der Waals surface area contributed by atoms with Crippen molar-refractivity contribution >= 4 is 27.5 Å². The zero-order chi connectivity index (χ0) is 17.7. The first-order valence-corrected chi connectivity index (χ1v) is 9.96. The van der Waals surface area contributed by atoms with Crippen LogP contribution in [0.3, 0.4) is 0 Å². The van der Waals surface area contributed by atoms with Gasteiger partial charge in [0.25, 0.3) is 0 Å². The Morgan fingerprint density at radius 2 is 1.72 bits per heavy atom. The molecule has 0 amide bonds. The molecule has 1 N–H and O–H groups in total. The fraction of sp³-hybridized carbons (Fsp3) is 0.438. The summed E-state index contributed by atoms with van der Waals surface area (Å²) >= 11 is 0. The molecule has 1 aliphatic heterocycles. The largest absolute Gasteiger partial charge is 0.367 e. The standard InChI is InChI=1S/C16H22N6O2S/c1-2-12-25(23,24)20-15-5-4-14(13-19-15)21-8-10-22(11-9-21)16-17-6-3-7-18-16/h3-7,13H,2,8-12H2,1H3,(H,19,20). The maximum Gasteiger partial charge on any atom is 0.233 e. The number of rotatable bonds is 6. The smallest absolute Gasteiger partial charge is 0.233 e.